The molecule has 1 aliphatic heterocycles. The Kier molecular flexibility index (Phi) is 5.47. The lowest BCUT2D eigenvalue weighted by Gasteiger charge is -2.38. The third-order valence-corrected chi connectivity index (χ3v) is 5.21. The number of nitrogens with zero attached hydrogens (tertiary/aromatic N) is 3. The maximum absolute atomic E-state index is 13.9. The van der Waals surface area contributed by atoms with Gasteiger partial charge in [0.15, 0.2) is 0 Å². The van der Waals surface area contributed by atoms with Gasteiger partial charge in [-0.1, -0.05) is 6.07 Å². The van der Waals surface area contributed by atoms with Gasteiger partial charge in [0.1, 0.15) is 17.3 Å². The predicted octanol–water partition coefficient (Wildman–Crippen LogP) is 3.95. The van der Waals surface area contributed by atoms with Crippen LogP contribution in [0, 0.1) is 11.7 Å². The summed E-state index contributed by atoms with van der Waals surface area (Å²) in [7, 11) is 1.77. The van der Waals surface area contributed by atoms with Crippen LogP contribution >= 0.6 is 0 Å². The Bertz CT molecular complexity index is 1090. The number of likely N-dealkylation sites (tertiary alicyclic amines) is 1. The molecule has 2 aromatic heterocycles. The number of rotatable bonds is 5. The molecule has 0 unspecified atom stereocenters. The lowest BCUT2D eigenvalue weighted by molar-refractivity contribution is -0.141. The van der Waals surface area contributed by atoms with Gasteiger partial charge in [0.2, 0.25) is 0 Å². The zero-order valence-corrected chi connectivity index (χ0v) is 16.6. The summed E-state index contributed by atoms with van der Waals surface area (Å²) in [6, 6.07) is 7.23. The van der Waals surface area contributed by atoms with Crippen LogP contribution in [0.4, 0.5) is 22.4 Å². The molecule has 0 bridgehead atoms. The van der Waals surface area contributed by atoms with Crippen molar-refractivity contribution in [1.29, 1.82) is 0 Å². The molecule has 3 heterocycles. The number of fused-ring (bicyclic) bond motifs is 1. The first-order valence-electron chi connectivity index (χ1n) is 9.63. The standard InChI is InChI=1S/C21H20F4N4O2/c1-28-11-17(22)16-6-13(2-4-18(16)28)7-27-20(30)29-9-14(10-29)12-31-15-3-5-19(26-8-15)21(23,24)25/h2-6,8,11,14H,7,9-10,12H2,1H3,(H,27,30). The molecule has 164 valence electrons. The molecular weight excluding hydrogens is 416 g/mol. The maximum atomic E-state index is 13.9. The van der Waals surface area contributed by atoms with Gasteiger partial charge in [0.25, 0.3) is 0 Å². The Morgan fingerprint density at radius 3 is 2.71 bits per heavy atom. The quantitative estimate of drug-likeness (QED) is 0.617. The number of aryl methyl sites for hydroxylation is 1. The van der Waals surface area contributed by atoms with Crippen LogP contribution in [0.15, 0.2) is 42.7 Å². The summed E-state index contributed by atoms with van der Waals surface area (Å²) in [5.41, 5.74) is 0.600. The number of alkyl halides is 3. The first kappa shape index (κ1) is 21.0. The normalized spacial score (nSPS) is 14.5. The lowest BCUT2D eigenvalue weighted by Crippen LogP contribution is -2.55. The average Bonchev–Trinajstić information content (AvgIpc) is 2.98. The van der Waals surface area contributed by atoms with Gasteiger partial charge in [-0.3, -0.25) is 0 Å². The predicted molar refractivity (Wildman–Crippen MR) is 105 cm³/mol. The third-order valence-electron chi connectivity index (χ3n) is 5.21. The molecule has 0 spiro atoms. The molecule has 1 saturated heterocycles. The number of nitrogens with one attached hydrogen (secondary N) is 1. The van der Waals surface area contributed by atoms with Crippen LogP contribution in [0.1, 0.15) is 11.3 Å². The van der Waals surface area contributed by atoms with Crippen molar-refractivity contribution in [2.24, 2.45) is 13.0 Å². The van der Waals surface area contributed by atoms with Crippen LogP contribution in [0.25, 0.3) is 10.9 Å². The van der Waals surface area contributed by atoms with Crippen LogP contribution in [0.5, 0.6) is 5.75 Å². The zero-order valence-electron chi connectivity index (χ0n) is 16.6. The van der Waals surface area contributed by atoms with Gasteiger partial charge in [-0.15, -0.1) is 0 Å². The number of halogens is 4. The number of urea groups is 1. The van der Waals surface area contributed by atoms with Gasteiger partial charge in [-0.25, -0.2) is 14.2 Å². The monoisotopic (exact) mass is 436 g/mol. The van der Waals surface area contributed by atoms with Crippen LogP contribution < -0.4 is 10.1 Å². The van der Waals surface area contributed by atoms with Gasteiger partial charge >= 0.3 is 12.2 Å². The van der Waals surface area contributed by atoms with Crippen molar-refractivity contribution in [2.75, 3.05) is 19.7 Å². The fourth-order valence-electron chi connectivity index (χ4n) is 3.48. The van der Waals surface area contributed by atoms with E-state index in [1.165, 1.54) is 12.3 Å². The Morgan fingerprint density at radius 2 is 2.03 bits per heavy atom. The molecule has 0 aliphatic carbocycles. The molecular formula is C21H20F4N4O2. The third kappa shape index (κ3) is 4.57. The molecule has 3 aromatic rings. The summed E-state index contributed by atoms with van der Waals surface area (Å²) in [4.78, 5) is 17.2. The van der Waals surface area contributed by atoms with E-state index in [0.717, 1.165) is 23.3 Å². The number of aromatic nitrogens is 2. The summed E-state index contributed by atoms with van der Waals surface area (Å²) in [6.07, 6.45) is -2.03. The summed E-state index contributed by atoms with van der Waals surface area (Å²) in [5, 5.41) is 3.31. The number of hydrogen-bond acceptors (Lipinski definition) is 3. The van der Waals surface area contributed by atoms with Crippen LogP contribution in [0.2, 0.25) is 0 Å². The number of amides is 2. The Hall–Kier alpha value is -3.30. The molecule has 31 heavy (non-hydrogen) atoms. The minimum atomic E-state index is -4.48. The molecule has 1 aromatic carbocycles. The zero-order chi connectivity index (χ0) is 22.2. The van der Waals surface area contributed by atoms with E-state index in [2.05, 4.69) is 10.3 Å². The van der Waals surface area contributed by atoms with Crippen molar-refractivity contribution < 1.29 is 27.1 Å². The maximum Gasteiger partial charge on any atom is 0.433 e. The highest BCUT2D eigenvalue weighted by Gasteiger charge is 2.33. The Labute approximate surface area is 175 Å². The highest BCUT2D eigenvalue weighted by Crippen LogP contribution is 2.28. The van der Waals surface area contributed by atoms with Gasteiger partial charge in [0.05, 0.1) is 18.3 Å². The summed E-state index contributed by atoms with van der Waals surface area (Å²) in [5.74, 6) is 0.0294. The van der Waals surface area contributed by atoms with E-state index in [-0.39, 0.29) is 36.7 Å². The second kappa shape index (κ2) is 8.09. The molecule has 6 nitrogen and oxygen atoms in total. The summed E-state index contributed by atoms with van der Waals surface area (Å²) >= 11 is 0. The number of benzene rings is 1. The number of pyridine rings is 1. The largest absolute Gasteiger partial charge is 0.492 e. The molecule has 0 saturated carbocycles. The SMILES string of the molecule is Cn1cc(F)c2cc(CNC(=O)N3CC(COc4ccc(C(F)(F)F)nc4)C3)ccc21. The smallest absolute Gasteiger partial charge is 0.433 e. The van der Waals surface area contributed by atoms with E-state index >= 15 is 0 Å². The van der Waals surface area contributed by atoms with Crippen molar-refractivity contribution in [3.05, 3.63) is 59.8 Å². The average molecular weight is 436 g/mol. The molecule has 4 rings (SSSR count). The second-order valence-corrected chi connectivity index (χ2v) is 7.56. The van der Waals surface area contributed by atoms with Crippen LogP contribution in [-0.2, 0) is 19.8 Å². The highest BCUT2D eigenvalue weighted by molar-refractivity contribution is 5.82. The van der Waals surface area contributed by atoms with E-state index in [1.807, 2.05) is 12.1 Å². The number of carbonyl (C=O) groups excluding carboxylic acids is 1. The topological polar surface area (TPSA) is 59.4 Å². The van der Waals surface area contributed by atoms with Crippen LogP contribution in [0.3, 0.4) is 0 Å². The first-order valence-corrected chi connectivity index (χ1v) is 9.63. The van der Waals surface area contributed by atoms with Crippen molar-refractivity contribution in [3.63, 3.8) is 0 Å². The van der Waals surface area contributed by atoms with Crippen molar-refractivity contribution in [1.82, 2.24) is 19.8 Å². The Morgan fingerprint density at radius 1 is 1.26 bits per heavy atom. The van der Waals surface area contributed by atoms with E-state index in [1.54, 1.807) is 22.6 Å². The Balaban J connectivity index is 1.21. The lowest BCUT2D eigenvalue weighted by atomic mass is 10.0. The first-order chi connectivity index (χ1) is 14.7. The van der Waals surface area contributed by atoms with E-state index in [9.17, 15) is 22.4 Å². The molecule has 1 aliphatic rings. The summed E-state index contributed by atoms with van der Waals surface area (Å²) < 4.78 is 58.6. The van der Waals surface area contributed by atoms with Crippen molar-refractivity contribution in [3.8, 4) is 5.75 Å². The van der Waals surface area contributed by atoms with Gasteiger partial charge in [0, 0.05) is 44.2 Å². The molecule has 10 heteroatoms. The van der Waals surface area contributed by atoms with E-state index in [4.69, 9.17) is 4.74 Å². The molecule has 0 radical (unpaired) electrons. The molecule has 1 N–H and O–H groups in total. The number of ether oxygens (including phenoxy) is 1. The van der Waals surface area contributed by atoms with E-state index < -0.39 is 11.9 Å². The number of hydrogen-bond donors (Lipinski definition) is 1. The van der Waals surface area contributed by atoms with Crippen LogP contribution in [-0.4, -0.2) is 40.2 Å². The van der Waals surface area contributed by atoms with Gasteiger partial charge < -0.3 is 19.5 Å². The van der Waals surface area contributed by atoms with Gasteiger partial charge in [-0.05, 0) is 29.8 Å². The summed E-state index contributed by atoms with van der Waals surface area (Å²) in [6.45, 7) is 1.51. The van der Waals surface area contributed by atoms with Crippen molar-refractivity contribution in [2.45, 2.75) is 12.7 Å². The number of carbonyl (C=O) groups is 1. The second-order valence-electron chi connectivity index (χ2n) is 7.56. The minimum Gasteiger partial charge on any atom is -0.492 e. The highest BCUT2D eigenvalue weighted by atomic mass is 19.4. The van der Waals surface area contributed by atoms with Gasteiger partial charge in [-0.2, -0.15) is 13.2 Å². The van der Waals surface area contributed by atoms with E-state index in [0.29, 0.717) is 18.5 Å². The minimum absolute atomic E-state index is 0.0859. The fraction of sp³-hybridized carbons (Fsp3) is 0.333. The van der Waals surface area contributed by atoms with Crippen molar-refractivity contribution >= 4 is 16.9 Å². The fourth-order valence-corrected chi connectivity index (χ4v) is 3.48. The molecule has 0 atom stereocenters. The molecule has 2 amide bonds. The molecule has 1 fully saturated rings.